The quantitative estimate of drug-likeness (QED) is 0.872. The van der Waals surface area contributed by atoms with E-state index in [1.165, 1.54) is 5.56 Å². The lowest BCUT2D eigenvalue weighted by Crippen LogP contribution is -2.37. The highest BCUT2D eigenvalue weighted by Gasteiger charge is 2.20. The van der Waals surface area contributed by atoms with Crippen LogP contribution in [0.1, 0.15) is 32.4 Å². The molecule has 3 nitrogen and oxygen atoms in total. The van der Waals surface area contributed by atoms with E-state index in [0.717, 1.165) is 31.3 Å². The summed E-state index contributed by atoms with van der Waals surface area (Å²) in [5, 5.41) is 5.25. The van der Waals surface area contributed by atoms with Crippen LogP contribution >= 0.6 is 11.8 Å². The first-order valence-corrected chi connectivity index (χ1v) is 8.36. The number of benzene rings is 1. The molecule has 0 saturated carbocycles. The largest absolute Gasteiger partial charge is 0.363 e. The van der Waals surface area contributed by atoms with Crippen molar-refractivity contribution in [3.63, 3.8) is 0 Å². The topological polar surface area (TPSA) is 27.6 Å². The van der Waals surface area contributed by atoms with Crippen LogP contribution in [0.2, 0.25) is 0 Å². The Labute approximate surface area is 126 Å². The van der Waals surface area contributed by atoms with Crippen LogP contribution in [0.15, 0.2) is 35.3 Å². The van der Waals surface area contributed by atoms with Gasteiger partial charge in [-0.15, -0.1) is 0 Å². The second-order valence-corrected chi connectivity index (χ2v) is 6.53. The Balaban J connectivity index is 2.03. The van der Waals surface area contributed by atoms with Gasteiger partial charge in [0.1, 0.15) is 0 Å². The lowest BCUT2D eigenvalue weighted by Gasteiger charge is -2.30. The predicted octanol–water partition coefficient (Wildman–Crippen LogP) is 3.15. The summed E-state index contributed by atoms with van der Waals surface area (Å²) in [5.41, 5.74) is 1.38. The van der Waals surface area contributed by atoms with Crippen molar-refractivity contribution in [2.45, 2.75) is 32.1 Å². The summed E-state index contributed by atoms with van der Waals surface area (Å²) in [4.78, 5) is 7.04. The van der Waals surface area contributed by atoms with Crippen LogP contribution in [0.5, 0.6) is 0 Å². The summed E-state index contributed by atoms with van der Waals surface area (Å²) in [6.45, 7) is 10.7. The average Bonchev–Trinajstić information content (AvgIpc) is 2.90. The average molecular weight is 291 g/mol. The first-order valence-electron chi connectivity index (χ1n) is 7.48. The molecule has 20 heavy (non-hydrogen) atoms. The minimum Gasteiger partial charge on any atom is -0.363 e. The van der Waals surface area contributed by atoms with Crippen molar-refractivity contribution in [3.05, 3.63) is 35.9 Å². The van der Waals surface area contributed by atoms with Gasteiger partial charge in [-0.2, -0.15) is 0 Å². The molecule has 0 fully saturated rings. The zero-order valence-corrected chi connectivity index (χ0v) is 13.5. The van der Waals surface area contributed by atoms with Gasteiger partial charge in [0.25, 0.3) is 0 Å². The van der Waals surface area contributed by atoms with Crippen molar-refractivity contribution >= 4 is 16.9 Å². The molecule has 1 heterocycles. The number of hydrogen-bond acceptors (Lipinski definition) is 4. The molecule has 0 saturated heterocycles. The molecule has 0 spiro atoms. The van der Waals surface area contributed by atoms with Crippen LogP contribution in [0, 0.1) is 0 Å². The maximum Gasteiger partial charge on any atom is 0.156 e. The van der Waals surface area contributed by atoms with Gasteiger partial charge in [0.15, 0.2) is 5.17 Å². The van der Waals surface area contributed by atoms with Crippen LogP contribution in [-0.2, 0) is 0 Å². The fourth-order valence-electron chi connectivity index (χ4n) is 2.56. The Morgan fingerprint density at radius 1 is 1.30 bits per heavy atom. The number of nitrogens with one attached hydrogen (secondary N) is 1. The number of nitrogens with zero attached hydrogens (tertiary/aromatic N) is 2. The Morgan fingerprint density at radius 3 is 2.55 bits per heavy atom. The number of rotatable bonds is 6. The van der Waals surface area contributed by atoms with E-state index in [9.17, 15) is 0 Å². The summed E-state index contributed by atoms with van der Waals surface area (Å²) in [6, 6.07) is 11.2. The second kappa shape index (κ2) is 7.70. The van der Waals surface area contributed by atoms with Crippen molar-refractivity contribution < 1.29 is 0 Å². The normalized spacial score (nSPS) is 20.0. The predicted molar refractivity (Wildman–Crippen MR) is 89.5 cm³/mol. The molecule has 0 bridgehead atoms. The molecule has 2 rings (SSSR count). The first-order chi connectivity index (χ1) is 9.74. The SMILES string of the molecule is CCN(CC)C(CNC1=NCC(C)S1)c1ccccc1. The summed E-state index contributed by atoms with van der Waals surface area (Å²) in [7, 11) is 0. The Hall–Kier alpha value is -1.00. The molecule has 1 aliphatic heterocycles. The van der Waals surface area contributed by atoms with E-state index in [2.05, 4.69) is 66.3 Å². The maximum atomic E-state index is 4.54. The fraction of sp³-hybridized carbons (Fsp3) is 0.562. The van der Waals surface area contributed by atoms with E-state index < -0.39 is 0 Å². The molecular weight excluding hydrogens is 266 g/mol. The number of thioether (sulfide) groups is 1. The molecular formula is C16H25N3S. The van der Waals surface area contributed by atoms with Gasteiger partial charge in [-0.3, -0.25) is 9.89 Å². The Morgan fingerprint density at radius 2 is 2.00 bits per heavy atom. The van der Waals surface area contributed by atoms with Crippen LogP contribution < -0.4 is 5.32 Å². The molecule has 1 N–H and O–H groups in total. The lowest BCUT2D eigenvalue weighted by atomic mass is 10.1. The monoisotopic (exact) mass is 291 g/mol. The number of likely N-dealkylation sites (N-methyl/N-ethyl adjacent to an activating group) is 1. The third-order valence-corrected chi connectivity index (χ3v) is 4.74. The fourth-order valence-corrected chi connectivity index (χ4v) is 3.40. The van der Waals surface area contributed by atoms with Crippen molar-refractivity contribution in [3.8, 4) is 0 Å². The van der Waals surface area contributed by atoms with Gasteiger partial charge in [-0.25, -0.2) is 0 Å². The highest BCUT2D eigenvalue weighted by Crippen LogP contribution is 2.22. The third-order valence-electron chi connectivity index (χ3n) is 3.69. The van der Waals surface area contributed by atoms with E-state index in [1.807, 2.05) is 11.8 Å². The van der Waals surface area contributed by atoms with Crippen LogP contribution in [0.4, 0.5) is 0 Å². The van der Waals surface area contributed by atoms with E-state index in [1.54, 1.807) is 0 Å². The minimum absolute atomic E-state index is 0.408. The second-order valence-electron chi connectivity index (χ2n) is 5.10. The molecule has 2 atom stereocenters. The van der Waals surface area contributed by atoms with Crippen molar-refractivity contribution in [1.82, 2.24) is 10.2 Å². The van der Waals surface area contributed by atoms with Crippen LogP contribution in [-0.4, -0.2) is 41.5 Å². The molecule has 1 aromatic rings. The lowest BCUT2D eigenvalue weighted by molar-refractivity contribution is 0.219. The van der Waals surface area contributed by atoms with E-state index in [0.29, 0.717) is 11.3 Å². The summed E-state index contributed by atoms with van der Waals surface area (Å²) < 4.78 is 0. The summed E-state index contributed by atoms with van der Waals surface area (Å²) in [5.74, 6) is 0. The van der Waals surface area contributed by atoms with Gasteiger partial charge < -0.3 is 5.32 Å². The van der Waals surface area contributed by atoms with Crippen molar-refractivity contribution in [2.24, 2.45) is 4.99 Å². The van der Waals surface area contributed by atoms with Gasteiger partial charge in [-0.05, 0) is 18.7 Å². The zero-order valence-electron chi connectivity index (χ0n) is 12.7. The Kier molecular flexibility index (Phi) is 5.92. The van der Waals surface area contributed by atoms with Gasteiger partial charge in [0, 0.05) is 11.8 Å². The molecule has 1 aromatic carbocycles. The summed E-state index contributed by atoms with van der Waals surface area (Å²) >= 11 is 1.85. The van der Waals surface area contributed by atoms with Gasteiger partial charge >= 0.3 is 0 Å². The van der Waals surface area contributed by atoms with Crippen molar-refractivity contribution in [2.75, 3.05) is 26.2 Å². The minimum atomic E-state index is 0.408. The maximum absolute atomic E-state index is 4.54. The smallest absolute Gasteiger partial charge is 0.156 e. The molecule has 2 unspecified atom stereocenters. The Bertz CT molecular complexity index is 429. The van der Waals surface area contributed by atoms with Gasteiger partial charge in [0.2, 0.25) is 0 Å². The highest BCUT2D eigenvalue weighted by molar-refractivity contribution is 8.14. The van der Waals surface area contributed by atoms with E-state index in [-0.39, 0.29) is 0 Å². The number of aliphatic imine (C=N–C) groups is 1. The van der Waals surface area contributed by atoms with Crippen molar-refractivity contribution in [1.29, 1.82) is 0 Å². The molecule has 4 heteroatoms. The van der Waals surface area contributed by atoms with E-state index in [4.69, 9.17) is 0 Å². The molecule has 0 aliphatic carbocycles. The van der Waals surface area contributed by atoms with Gasteiger partial charge in [0.05, 0.1) is 12.6 Å². The molecule has 110 valence electrons. The molecule has 0 amide bonds. The van der Waals surface area contributed by atoms with E-state index >= 15 is 0 Å². The van der Waals surface area contributed by atoms with Crippen LogP contribution in [0.25, 0.3) is 0 Å². The first kappa shape index (κ1) is 15.4. The zero-order chi connectivity index (χ0) is 14.4. The van der Waals surface area contributed by atoms with Crippen LogP contribution in [0.3, 0.4) is 0 Å². The standard InChI is InChI=1S/C16H25N3S/c1-4-19(5-2)15(14-9-7-6-8-10-14)12-18-16-17-11-13(3)20-16/h6-10,13,15H,4-5,11-12H2,1-3H3,(H,17,18). The highest BCUT2D eigenvalue weighted by atomic mass is 32.2. The van der Waals surface area contributed by atoms with Gasteiger partial charge in [-0.1, -0.05) is 62.9 Å². The third kappa shape index (κ3) is 4.00. The number of hydrogen-bond donors (Lipinski definition) is 1. The molecule has 1 aliphatic rings. The number of amidine groups is 1. The summed E-state index contributed by atoms with van der Waals surface area (Å²) in [6.07, 6.45) is 0. The molecule has 0 radical (unpaired) electrons. The molecule has 0 aromatic heterocycles.